The molecule has 0 aromatic rings. The number of carbonyl (C=O) groups excluding carboxylic acids is 2. The lowest BCUT2D eigenvalue weighted by Crippen LogP contribution is -2.28. The molecule has 0 heterocycles. The summed E-state index contributed by atoms with van der Waals surface area (Å²) in [4.78, 5) is 24.3. The minimum absolute atomic E-state index is 0.0703. The number of ether oxygens (including phenoxy) is 2. The number of allylic oxidation sites excluding steroid dienone is 2. The van der Waals surface area contributed by atoms with Crippen molar-refractivity contribution in [3.63, 3.8) is 0 Å². The van der Waals surface area contributed by atoms with E-state index in [2.05, 4.69) is 26.0 Å². The minimum Gasteiger partial charge on any atom is -0.462 e. The number of rotatable bonds is 43. The Hall–Kier alpha value is -1.36. The second-order valence-corrected chi connectivity index (χ2v) is 15.8. The third kappa shape index (κ3) is 41.4. The monoisotopic (exact) mass is 735 g/mol. The molecule has 308 valence electrons. The van der Waals surface area contributed by atoms with Crippen LogP contribution in [0.15, 0.2) is 12.2 Å². The van der Waals surface area contributed by atoms with Gasteiger partial charge in [-0.1, -0.05) is 225 Å². The van der Waals surface area contributed by atoms with E-state index < -0.39 is 6.10 Å². The van der Waals surface area contributed by atoms with Gasteiger partial charge in [-0.05, 0) is 32.1 Å². The van der Waals surface area contributed by atoms with Crippen LogP contribution in [0.1, 0.15) is 258 Å². The van der Waals surface area contributed by atoms with Gasteiger partial charge in [0.05, 0.1) is 6.61 Å². The fourth-order valence-corrected chi connectivity index (χ4v) is 7.03. The predicted octanol–water partition coefficient (Wildman–Crippen LogP) is 14.9. The molecule has 52 heavy (non-hydrogen) atoms. The largest absolute Gasteiger partial charge is 0.462 e. The number of aliphatic hydroxyl groups excluding tert-OH is 1. The summed E-state index contributed by atoms with van der Waals surface area (Å²) >= 11 is 0. The van der Waals surface area contributed by atoms with Crippen LogP contribution in [-0.2, 0) is 19.1 Å². The van der Waals surface area contributed by atoms with Crippen LogP contribution in [0.2, 0.25) is 0 Å². The zero-order chi connectivity index (χ0) is 37.8. The Morgan fingerprint density at radius 2 is 0.731 bits per heavy atom. The van der Waals surface area contributed by atoms with Gasteiger partial charge in [0.25, 0.3) is 0 Å². The molecule has 0 saturated carbocycles. The van der Waals surface area contributed by atoms with Crippen LogP contribution in [0.3, 0.4) is 0 Å². The van der Waals surface area contributed by atoms with Crippen molar-refractivity contribution in [1.29, 1.82) is 0 Å². The third-order valence-electron chi connectivity index (χ3n) is 10.6. The van der Waals surface area contributed by atoms with Crippen molar-refractivity contribution in [3.8, 4) is 0 Å². The lowest BCUT2D eigenvalue weighted by molar-refractivity contribution is -0.161. The van der Waals surface area contributed by atoms with Crippen molar-refractivity contribution >= 4 is 11.9 Å². The van der Waals surface area contributed by atoms with Crippen LogP contribution in [0.5, 0.6) is 0 Å². The van der Waals surface area contributed by atoms with Gasteiger partial charge in [0, 0.05) is 12.8 Å². The average molecular weight is 735 g/mol. The molecule has 0 aromatic carbocycles. The fourth-order valence-electron chi connectivity index (χ4n) is 7.03. The van der Waals surface area contributed by atoms with Gasteiger partial charge in [-0.3, -0.25) is 9.59 Å². The highest BCUT2D eigenvalue weighted by Gasteiger charge is 2.16. The van der Waals surface area contributed by atoms with Crippen LogP contribution < -0.4 is 0 Å². The molecule has 0 saturated heterocycles. The lowest BCUT2D eigenvalue weighted by atomic mass is 10.0. The smallest absolute Gasteiger partial charge is 0.306 e. The molecule has 0 bridgehead atoms. The topological polar surface area (TPSA) is 72.8 Å². The SMILES string of the molecule is CCCCCCCCCCCCCCCCCCCC/C=C/CCCC(=O)O[C@@H](CO)COC(=O)CCCCCCCCCCCCCCCCC. The van der Waals surface area contributed by atoms with Gasteiger partial charge in [-0.25, -0.2) is 0 Å². The molecule has 0 amide bonds. The van der Waals surface area contributed by atoms with E-state index in [-0.39, 0.29) is 25.2 Å². The molecule has 0 rings (SSSR count). The molecule has 5 nitrogen and oxygen atoms in total. The number of unbranched alkanes of at least 4 members (excludes halogenated alkanes) is 33. The molecule has 1 N–H and O–H groups in total. The van der Waals surface area contributed by atoms with E-state index in [9.17, 15) is 14.7 Å². The molecule has 1 atom stereocenters. The molecule has 0 aromatic heterocycles. The van der Waals surface area contributed by atoms with E-state index in [1.54, 1.807) is 0 Å². The second kappa shape index (κ2) is 44.0. The van der Waals surface area contributed by atoms with Gasteiger partial charge in [-0.15, -0.1) is 0 Å². The second-order valence-electron chi connectivity index (χ2n) is 15.8. The molecular weight excluding hydrogens is 645 g/mol. The first-order valence-electron chi connectivity index (χ1n) is 23.2. The van der Waals surface area contributed by atoms with Crippen molar-refractivity contribution in [2.75, 3.05) is 13.2 Å². The molecule has 0 fully saturated rings. The van der Waals surface area contributed by atoms with Crippen LogP contribution >= 0.6 is 0 Å². The molecule has 0 radical (unpaired) electrons. The Kier molecular flexibility index (Phi) is 42.9. The highest BCUT2D eigenvalue weighted by atomic mass is 16.6. The first kappa shape index (κ1) is 50.6. The zero-order valence-electron chi connectivity index (χ0n) is 35.1. The van der Waals surface area contributed by atoms with Crippen molar-refractivity contribution in [3.05, 3.63) is 12.2 Å². The summed E-state index contributed by atoms with van der Waals surface area (Å²) in [6.07, 6.45) is 51.6. The van der Waals surface area contributed by atoms with Crippen molar-refractivity contribution < 1.29 is 24.2 Å². The van der Waals surface area contributed by atoms with E-state index >= 15 is 0 Å². The van der Waals surface area contributed by atoms with Gasteiger partial charge in [0.1, 0.15) is 6.61 Å². The van der Waals surface area contributed by atoms with Crippen LogP contribution in [0.4, 0.5) is 0 Å². The van der Waals surface area contributed by atoms with Gasteiger partial charge < -0.3 is 14.6 Å². The predicted molar refractivity (Wildman–Crippen MR) is 224 cm³/mol. The molecule has 0 spiro atoms. The van der Waals surface area contributed by atoms with E-state index in [1.165, 1.54) is 193 Å². The number of hydrogen-bond donors (Lipinski definition) is 1. The molecule has 0 aliphatic carbocycles. The van der Waals surface area contributed by atoms with E-state index in [1.807, 2.05) is 0 Å². The maximum Gasteiger partial charge on any atom is 0.306 e. The fraction of sp³-hybridized carbons (Fsp3) is 0.915. The van der Waals surface area contributed by atoms with Gasteiger partial charge in [0.2, 0.25) is 0 Å². The molecular formula is C47H90O5. The van der Waals surface area contributed by atoms with Crippen LogP contribution in [0.25, 0.3) is 0 Å². The van der Waals surface area contributed by atoms with Crippen molar-refractivity contribution in [2.45, 2.75) is 264 Å². The standard InChI is InChI=1S/C47H90O5/c1-3-5-7-9-11-13-15-17-19-20-21-22-23-24-25-26-28-30-32-34-36-38-40-42-47(50)52-45(43-48)44-51-46(49)41-39-37-35-33-31-29-27-18-16-14-12-10-8-6-4-2/h34,36,45,48H,3-33,35,37-44H2,1-2H3/b36-34+/t45-/m0/s1. The maximum absolute atomic E-state index is 12.2. The minimum atomic E-state index is -0.780. The number of carbonyl (C=O) groups is 2. The van der Waals surface area contributed by atoms with Gasteiger partial charge in [-0.2, -0.15) is 0 Å². The van der Waals surface area contributed by atoms with Crippen molar-refractivity contribution in [1.82, 2.24) is 0 Å². The van der Waals surface area contributed by atoms with Crippen LogP contribution in [0, 0.1) is 0 Å². The Balaban J connectivity index is 3.49. The van der Waals surface area contributed by atoms with E-state index in [0.29, 0.717) is 12.8 Å². The summed E-state index contributed by atoms with van der Waals surface area (Å²) in [6, 6.07) is 0. The van der Waals surface area contributed by atoms with E-state index in [4.69, 9.17) is 9.47 Å². The average Bonchev–Trinajstić information content (AvgIpc) is 3.15. The number of aliphatic hydroxyl groups is 1. The third-order valence-corrected chi connectivity index (χ3v) is 10.6. The normalized spacial score (nSPS) is 12.1. The summed E-state index contributed by atoms with van der Waals surface area (Å²) in [6.45, 7) is 4.15. The lowest BCUT2D eigenvalue weighted by Gasteiger charge is -2.15. The van der Waals surface area contributed by atoms with E-state index in [0.717, 1.165) is 38.5 Å². The summed E-state index contributed by atoms with van der Waals surface area (Å²) in [7, 11) is 0. The summed E-state index contributed by atoms with van der Waals surface area (Å²) in [5.41, 5.74) is 0. The van der Waals surface area contributed by atoms with Gasteiger partial charge in [0.15, 0.2) is 6.10 Å². The Morgan fingerprint density at radius 1 is 0.423 bits per heavy atom. The quantitative estimate of drug-likeness (QED) is 0.0383. The summed E-state index contributed by atoms with van der Waals surface area (Å²) in [5.74, 6) is -0.612. The molecule has 0 aliphatic rings. The van der Waals surface area contributed by atoms with Gasteiger partial charge >= 0.3 is 11.9 Å². The molecule has 0 aliphatic heterocycles. The Morgan fingerprint density at radius 3 is 1.10 bits per heavy atom. The highest BCUT2D eigenvalue weighted by Crippen LogP contribution is 2.16. The van der Waals surface area contributed by atoms with Crippen molar-refractivity contribution in [2.24, 2.45) is 0 Å². The Bertz CT molecular complexity index is 750. The summed E-state index contributed by atoms with van der Waals surface area (Å²) < 4.78 is 10.6. The number of hydrogen-bond acceptors (Lipinski definition) is 5. The zero-order valence-corrected chi connectivity index (χ0v) is 35.1. The molecule has 5 heteroatoms. The highest BCUT2D eigenvalue weighted by molar-refractivity contribution is 5.70. The maximum atomic E-state index is 12.2. The number of esters is 2. The molecule has 0 unspecified atom stereocenters. The summed E-state index contributed by atoms with van der Waals surface area (Å²) in [5, 5.41) is 9.58. The first-order valence-corrected chi connectivity index (χ1v) is 23.2. The van der Waals surface area contributed by atoms with Crippen LogP contribution in [-0.4, -0.2) is 36.4 Å². The Labute approximate surface area is 324 Å². The first-order chi connectivity index (χ1) is 25.6.